The Hall–Kier alpha value is -2.60. The van der Waals surface area contributed by atoms with Gasteiger partial charge in [0, 0.05) is 18.9 Å². The predicted octanol–water partition coefficient (Wildman–Crippen LogP) is 2.95. The standard InChI is InChI=1S/C17H20FN3O2/c1-22-15-5-3-4-14(10-15)21-17(19)20-11-16(23-2)12-6-8-13(18)9-7-12/h3-10,16H,11H2,1-2H3,(H3,19,20,21). The van der Waals surface area contributed by atoms with Crippen LogP contribution in [0.1, 0.15) is 11.7 Å². The van der Waals surface area contributed by atoms with Crippen LogP contribution in [0.15, 0.2) is 53.5 Å². The number of hydrogen-bond acceptors (Lipinski definition) is 3. The Morgan fingerprint density at radius 3 is 2.61 bits per heavy atom. The van der Waals surface area contributed by atoms with Gasteiger partial charge in [-0.2, -0.15) is 0 Å². The number of methoxy groups -OCH3 is 2. The molecule has 23 heavy (non-hydrogen) atoms. The maximum absolute atomic E-state index is 13.0. The maximum atomic E-state index is 13.0. The molecule has 6 heteroatoms. The van der Waals surface area contributed by atoms with E-state index in [1.165, 1.54) is 12.1 Å². The Morgan fingerprint density at radius 2 is 1.96 bits per heavy atom. The van der Waals surface area contributed by atoms with E-state index < -0.39 is 0 Å². The summed E-state index contributed by atoms with van der Waals surface area (Å²) in [5.41, 5.74) is 7.50. The topological polar surface area (TPSA) is 68.9 Å². The molecule has 0 heterocycles. The summed E-state index contributed by atoms with van der Waals surface area (Å²) in [6.07, 6.45) is -0.291. The van der Waals surface area contributed by atoms with Crippen LogP contribution in [0.4, 0.5) is 10.1 Å². The number of guanidine groups is 1. The van der Waals surface area contributed by atoms with Crippen molar-refractivity contribution < 1.29 is 13.9 Å². The minimum atomic E-state index is -0.291. The average Bonchev–Trinajstić information content (AvgIpc) is 2.57. The molecule has 0 aliphatic heterocycles. The van der Waals surface area contributed by atoms with E-state index in [2.05, 4.69) is 10.3 Å². The number of aliphatic imine (C=N–C) groups is 1. The lowest BCUT2D eigenvalue weighted by molar-refractivity contribution is 0.111. The number of halogens is 1. The lowest BCUT2D eigenvalue weighted by Gasteiger charge is -2.14. The second kappa shape index (κ2) is 8.14. The second-order valence-corrected chi connectivity index (χ2v) is 4.86. The molecule has 0 bridgehead atoms. The van der Waals surface area contributed by atoms with Gasteiger partial charge in [-0.05, 0) is 29.8 Å². The van der Waals surface area contributed by atoms with Gasteiger partial charge in [0.05, 0.1) is 13.7 Å². The molecule has 0 saturated carbocycles. The van der Waals surface area contributed by atoms with Crippen LogP contribution in [-0.4, -0.2) is 26.7 Å². The fourth-order valence-electron chi connectivity index (χ4n) is 2.06. The highest BCUT2D eigenvalue weighted by atomic mass is 19.1. The quantitative estimate of drug-likeness (QED) is 0.635. The smallest absolute Gasteiger partial charge is 0.193 e. The van der Waals surface area contributed by atoms with Gasteiger partial charge in [0.25, 0.3) is 0 Å². The molecule has 2 aromatic rings. The van der Waals surface area contributed by atoms with E-state index in [0.29, 0.717) is 6.54 Å². The van der Waals surface area contributed by atoms with E-state index in [1.807, 2.05) is 24.3 Å². The molecule has 0 fully saturated rings. The van der Waals surface area contributed by atoms with Crippen molar-refractivity contribution >= 4 is 11.6 Å². The molecule has 3 N–H and O–H groups in total. The number of benzene rings is 2. The van der Waals surface area contributed by atoms with Gasteiger partial charge in [-0.15, -0.1) is 0 Å². The van der Waals surface area contributed by atoms with Crippen LogP contribution in [0.5, 0.6) is 5.75 Å². The molecule has 0 amide bonds. The zero-order valence-electron chi connectivity index (χ0n) is 13.1. The summed E-state index contributed by atoms with van der Waals surface area (Å²) >= 11 is 0. The zero-order valence-corrected chi connectivity index (χ0v) is 13.1. The lowest BCUT2D eigenvalue weighted by atomic mass is 10.1. The van der Waals surface area contributed by atoms with Gasteiger partial charge < -0.3 is 20.5 Å². The first-order chi connectivity index (χ1) is 11.1. The highest BCUT2D eigenvalue weighted by Crippen LogP contribution is 2.18. The number of rotatable bonds is 6. The normalized spacial score (nSPS) is 12.7. The molecule has 0 saturated heterocycles. The summed E-state index contributed by atoms with van der Waals surface area (Å²) in [6, 6.07) is 13.5. The number of nitrogens with one attached hydrogen (secondary N) is 1. The number of ether oxygens (including phenoxy) is 2. The van der Waals surface area contributed by atoms with Crippen molar-refractivity contribution in [1.29, 1.82) is 0 Å². The van der Waals surface area contributed by atoms with Crippen LogP contribution >= 0.6 is 0 Å². The van der Waals surface area contributed by atoms with Gasteiger partial charge in [-0.1, -0.05) is 18.2 Å². The number of hydrogen-bond donors (Lipinski definition) is 2. The van der Waals surface area contributed by atoms with E-state index >= 15 is 0 Å². The summed E-state index contributed by atoms with van der Waals surface area (Å²) in [7, 11) is 3.18. The van der Waals surface area contributed by atoms with Crippen molar-refractivity contribution in [2.45, 2.75) is 6.10 Å². The fourth-order valence-corrected chi connectivity index (χ4v) is 2.06. The molecule has 0 aromatic heterocycles. The van der Waals surface area contributed by atoms with Crippen LogP contribution in [-0.2, 0) is 4.74 Å². The largest absolute Gasteiger partial charge is 0.497 e. The predicted molar refractivity (Wildman–Crippen MR) is 89.3 cm³/mol. The minimum Gasteiger partial charge on any atom is -0.497 e. The van der Waals surface area contributed by atoms with Crippen molar-refractivity contribution in [3.05, 3.63) is 59.9 Å². The SMILES string of the molecule is COc1cccc(NC(N)=NCC(OC)c2ccc(F)cc2)c1. The summed E-state index contributed by atoms with van der Waals surface area (Å²) in [5.74, 6) is 0.706. The van der Waals surface area contributed by atoms with Crippen molar-refractivity contribution in [1.82, 2.24) is 0 Å². The average molecular weight is 317 g/mol. The Balaban J connectivity index is 2.00. The zero-order chi connectivity index (χ0) is 16.7. The van der Waals surface area contributed by atoms with E-state index in [-0.39, 0.29) is 17.9 Å². The summed E-state index contributed by atoms with van der Waals surface area (Å²) < 4.78 is 23.5. The first-order valence-electron chi connectivity index (χ1n) is 7.11. The molecule has 1 unspecified atom stereocenters. The first kappa shape index (κ1) is 16.8. The van der Waals surface area contributed by atoms with Crippen molar-refractivity contribution in [3.8, 4) is 5.75 Å². The number of nitrogens with two attached hydrogens (primary N) is 1. The summed E-state index contributed by atoms with van der Waals surface area (Å²) in [5, 5.41) is 2.99. The minimum absolute atomic E-state index is 0.266. The molecule has 122 valence electrons. The maximum Gasteiger partial charge on any atom is 0.193 e. The lowest BCUT2D eigenvalue weighted by Crippen LogP contribution is -2.23. The third-order valence-electron chi connectivity index (χ3n) is 3.30. The Morgan fingerprint density at radius 1 is 1.22 bits per heavy atom. The molecular formula is C17H20FN3O2. The molecular weight excluding hydrogens is 297 g/mol. The van der Waals surface area contributed by atoms with E-state index in [1.54, 1.807) is 26.4 Å². The molecule has 5 nitrogen and oxygen atoms in total. The van der Waals surface area contributed by atoms with Crippen LogP contribution in [0.2, 0.25) is 0 Å². The third kappa shape index (κ3) is 4.96. The molecule has 0 aliphatic rings. The summed E-state index contributed by atoms with van der Waals surface area (Å²) in [4.78, 5) is 4.27. The van der Waals surface area contributed by atoms with Crippen LogP contribution < -0.4 is 15.8 Å². The van der Waals surface area contributed by atoms with Gasteiger partial charge in [-0.25, -0.2) is 4.39 Å². The molecule has 2 aromatic carbocycles. The van der Waals surface area contributed by atoms with E-state index in [0.717, 1.165) is 17.0 Å². The highest BCUT2D eigenvalue weighted by molar-refractivity contribution is 5.92. The van der Waals surface area contributed by atoms with Gasteiger partial charge >= 0.3 is 0 Å². The molecule has 0 spiro atoms. The Kier molecular flexibility index (Phi) is 5.94. The van der Waals surface area contributed by atoms with Gasteiger partial charge in [-0.3, -0.25) is 4.99 Å². The molecule has 2 rings (SSSR count). The van der Waals surface area contributed by atoms with Gasteiger partial charge in [0.1, 0.15) is 17.7 Å². The monoisotopic (exact) mass is 317 g/mol. The molecule has 1 atom stereocenters. The highest BCUT2D eigenvalue weighted by Gasteiger charge is 2.10. The Labute approximate surface area is 134 Å². The van der Waals surface area contributed by atoms with Crippen LogP contribution in [0.25, 0.3) is 0 Å². The molecule has 0 radical (unpaired) electrons. The van der Waals surface area contributed by atoms with Crippen molar-refractivity contribution in [2.24, 2.45) is 10.7 Å². The van der Waals surface area contributed by atoms with Crippen molar-refractivity contribution in [3.63, 3.8) is 0 Å². The summed E-state index contributed by atoms with van der Waals surface area (Å²) in [6.45, 7) is 0.324. The molecule has 0 aliphatic carbocycles. The second-order valence-electron chi connectivity index (χ2n) is 4.86. The van der Waals surface area contributed by atoms with Crippen molar-refractivity contribution in [2.75, 3.05) is 26.1 Å². The fraction of sp³-hybridized carbons (Fsp3) is 0.235. The first-order valence-corrected chi connectivity index (χ1v) is 7.11. The van der Waals surface area contributed by atoms with Gasteiger partial charge in [0.15, 0.2) is 5.96 Å². The van der Waals surface area contributed by atoms with Crippen LogP contribution in [0.3, 0.4) is 0 Å². The number of anilines is 1. The number of nitrogens with zero attached hydrogens (tertiary/aromatic N) is 1. The Bertz CT molecular complexity index is 659. The van der Waals surface area contributed by atoms with E-state index in [9.17, 15) is 4.39 Å². The van der Waals surface area contributed by atoms with Gasteiger partial charge in [0.2, 0.25) is 0 Å². The van der Waals surface area contributed by atoms with Crippen LogP contribution in [0, 0.1) is 5.82 Å². The van der Waals surface area contributed by atoms with E-state index in [4.69, 9.17) is 15.2 Å². The third-order valence-corrected chi connectivity index (χ3v) is 3.30.